The summed E-state index contributed by atoms with van der Waals surface area (Å²) < 4.78 is 0. The van der Waals surface area contributed by atoms with E-state index in [1.807, 2.05) is 30.3 Å². The lowest BCUT2D eigenvalue weighted by molar-refractivity contribution is 0.385. The van der Waals surface area contributed by atoms with Gasteiger partial charge in [-0.2, -0.15) is 0 Å². The van der Waals surface area contributed by atoms with Gasteiger partial charge in [-0.1, -0.05) is 62.0 Å². The zero-order valence-corrected chi connectivity index (χ0v) is 13.7. The van der Waals surface area contributed by atoms with Gasteiger partial charge in [0.1, 0.15) is 23.5 Å². The van der Waals surface area contributed by atoms with Crippen LogP contribution in [-0.2, 0) is 5.41 Å². The second-order valence-corrected chi connectivity index (χ2v) is 5.76. The smallest absolute Gasteiger partial charge is 0.142 e. The zero-order chi connectivity index (χ0) is 16.3. The molecule has 0 aliphatic rings. The van der Waals surface area contributed by atoms with Gasteiger partial charge in [-0.15, -0.1) is 0 Å². The summed E-state index contributed by atoms with van der Waals surface area (Å²) in [7, 11) is 19.0. The van der Waals surface area contributed by atoms with Crippen LogP contribution in [-0.4, -0.2) is 28.5 Å². The number of nitrogens with zero attached hydrogens (tertiary/aromatic N) is 1. The summed E-state index contributed by atoms with van der Waals surface area (Å²) in [4.78, 5) is 4.59. The first-order valence-electron chi connectivity index (χ1n) is 7.91. The molecule has 1 heterocycles. The molecule has 0 bridgehead atoms. The summed E-state index contributed by atoms with van der Waals surface area (Å²) in [5.41, 5.74) is 4.04. The third kappa shape index (κ3) is 2.76. The van der Waals surface area contributed by atoms with Gasteiger partial charge in [0.2, 0.25) is 0 Å². The average Bonchev–Trinajstić information content (AvgIpc) is 2.56. The summed E-state index contributed by atoms with van der Waals surface area (Å²) in [6, 6.07) is 9.78. The molecule has 0 unspecified atom stereocenters. The van der Waals surface area contributed by atoms with Crippen molar-refractivity contribution in [3.63, 3.8) is 0 Å². The maximum absolute atomic E-state index is 6.39. The van der Waals surface area contributed by atoms with E-state index in [2.05, 4.69) is 25.8 Å². The minimum atomic E-state index is -0.0650. The molecule has 0 saturated heterocycles. The molecule has 0 atom stereocenters. The van der Waals surface area contributed by atoms with Gasteiger partial charge in [0, 0.05) is 0 Å². The van der Waals surface area contributed by atoms with Crippen LogP contribution in [0.1, 0.15) is 45.6 Å². The topological polar surface area (TPSA) is 12.9 Å². The van der Waals surface area contributed by atoms with E-state index in [9.17, 15) is 0 Å². The fourth-order valence-electron chi connectivity index (χ4n) is 3.29. The van der Waals surface area contributed by atoms with Gasteiger partial charge in [0.25, 0.3) is 0 Å². The highest BCUT2D eigenvalue weighted by Gasteiger charge is 2.30. The standard InChI is InChI=1S/C18H20B3N/c1-4-18(5-2,6-3)13-14(19)15(20)16(22-17(13)21)12-10-8-7-9-11-12/h7-11H,4-6H2,1-3H3. The first-order chi connectivity index (χ1) is 10.5. The van der Waals surface area contributed by atoms with E-state index in [1.54, 1.807) is 0 Å². The van der Waals surface area contributed by atoms with Gasteiger partial charge < -0.3 is 0 Å². The lowest BCUT2D eigenvalue weighted by atomic mass is 9.62. The molecule has 0 amide bonds. The molecular weight excluding hydrogens is 263 g/mol. The molecular formula is C18H20B3N. The van der Waals surface area contributed by atoms with Gasteiger partial charge in [0.15, 0.2) is 0 Å². The minimum absolute atomic E-state index is 0.0650. The van der Waals surface area contributed by atoms with Crippen LogP contribution in [0.15, 0.2) is 30.3 Å². The van der Waals surface area contributed by atoms with E-state index >= 15 is 0 Å². The summed E-state index contributed by atoms with van der Waals surface area (Å²) >= 11 is 0. The molecule has 1 aromatic carbocycles. The van der Waals surface area contributed by atoms with Crippen LogP contribution >= 0.6 is 0 Å². The van der Waals surface area contributed by atoms with Crippen molar-refractivity contribution < 1.29 is 0 Å². The van der Waals surface area contributed by atoms with Crippen LogP contribution in [0.25, 0.3) is 11.3 Å². The molecule has 1 aromatic heterocycles. The predicted octanol–water partition coefficient (Wildman–Crippen LogP) is 1.60. The van der Waals surface area contributed by atoms with E-state index < -0.39 is 0 Å². The Labute approximate surface area is 138 Å². The van der Waals surface area contributed by atoms with Crippen molar-refractivity contribution >= 4 is 40.1 Å². The van der Waals surface area contributed by atoms with Gasteiger partial charge in [-0.3, -0.25) is 4.98 Å². The molecule has 22 heavy (non-hydrogen) atoms. The second kappa shape index (κ2) is 6.77. The molecule has 2 rings (SSSR count). The summed E-state index contributed by atoms with van der Waals surface area (Å²) in [6.45, 7) is 6.48. The van der Waals surface area contributed by atoms with E-state index in [1.165, 1.54) is 0 Å². The summed E-state index contributed by atoms with van der Waals surface area (Å²) in [6.07, 6.45) is 2.88. The van der Waals surface area contributed by atoms with Crippen LogP contribution in [0.5, 0.6) is 0 Å². The van der Waals surface area contributed by atoms with Crippen molar-refractivity contribution in [2.75, 3.05) is 0 Å². The Kier molecular flexibility index (Phi) is 5.21. The lowest BCUT2D eigenvalue weighted by Crippen LogP contribution is -2.46. The quantitative estimate of drug-likeness (QED) is 0.759. The fourth-order valence-corrected chi connectivity index (χ4v) is 3.29. The number of aromatic nitrogens is 1. The average molecular weight is 283 g/mol. The molecule has 0 saturated carbocycles. The predicted molar refractivity (Wildman–Crippen MR) is 98.4 cm³/mol. The second-order valence-electron chi connectivity index (χ2n) is 5.76. The third-order valence-corrected chi connectivity index (χ3v) is 4.91. The molecule has 0 spiro atoms. The Balaban J connectivity index is 2.69. The Morgan fingerprint density at radius 3 is 1.91 bits per heavy atom. The van der Waals surface area contributed by atoms with Crippen molar-refractivity contribution in [1.29, 1.82) is 0 Å². The van der Waals surface area contributed by atoms with E-state index in [-0.39, 0.29) is 5.41 Å². The molecule has 4 heteroatoms. The molecule has 0 aliphatic heterocycles. The highest BCUT2D eigenvalue weighted by molar-refractivity contribution is 6.52. The minimum Gasteiger partial charge on any atom is -0.265 e. The number of hydrogen-bond donors (Lipinski definition) is 0. The summed E-state index contributed by atoms with van der Waals surface area (Å²) in [5, 5.41) is 0. The monoisotopic (exact) mass is 283 g/mol. The van der Waals surface area contributed by atoms with E-state index in [4.69, 9.17) is 23.5 Å². The normalized spacial score (nSPS) is 11.6. The van der Waals surface area contributed by atoms with E-state index in [0.29, 0.717) is 22.2 Å². The van der Waals surface area contributed by atoms with Crippen LogP contribution in [0.2, 0.25) is 0 Å². The molecule has 1 nitrogen and oxygen atoms in total. The number of hydrogen-bond acceptors (Lipinski definition) is 1. The van der Waals surface area contributed by atoms with Gasteiger partial charge in [-0.05, 0) is 41.4 Å². The number of pyridine rings is 1. The Bertz CT molecular complexity index is 641. The Morgan fingerprint density at radius 1 is 0.864 bits per heavy atom. The van der Waals surface area contributed by atoms with Gasteiger partial charge in [-0.25, -0.2) is 0 Å². The van der Waals surface area contributed by atoms with Crippen molar-refractivity contribution in [1.82, 2.24) is 4.98 Å². The molecule has 0 N–H and O–H groups in total. The van der Waals surface area contributed by atoms with Crippen molar-refractivity contribution in [2.24, 2.45) is 0 Å². The van der Waals surface area contributed by atoms with Crippen LogP contribution in [0.4, 0.5) is 0 Å². The lowest BCUT2D eigenvalue weighted by Gasteiger charge is -2.35. The number of rotatable bonds is 5. The Morgan fingerprint density at radius 2 is 1.41 bits per heavy atom. The SMILES string of the molecule is [B]c1nc(-c2ccccc2)c([B])c([B])c1C(CC)(CC)CC. The fraction of sp³-hybridized carbons (Fsp3) is 0.389. The molecule has 2 aromatic rings. The van der Waals surface area contributed by atoms with Crippen molar-refractivity contribution in [3.8, 4) is 11.3 Å². The molecule has 106 valence electrons. The summed E-state index contributed by atoms with van der Waals surface area (Å²) in [5.74, 6) is 0. The highest BCUT2D eigenvalue weighted by Crippen LogP contribution is 2.32. The van der Waals surface area contributed by atoms with Crippen molar-refractivity contribution in [3.05, 3.63) is 35.9 Å². The van der Waals surface area contributed by atoms with Crippen molar-refractivity contribution in [2.45, 2.75) is 45.4 Å². The number of benzene rings is 1. The first-order valence-corrected chi connectivity index (χ1v) is 7.91. The highest BCUT2D eigenvalue weighted by atomic mass is 14.7. The van der Waals surface area contributed by atoms with E-state index in [0.717, 1.165) is 30.4 Å². The maximum Gasteiger partial charge on any atom is 0.142 e. The van der Waals surface area contributed by atoms with Crippen LogP contribution in [0, 0.1) is 0 Å². The third-order valence-electron chi connectivity index (χ3n) is 4.91. The molecule has 6 radical (unpaired) electrons. The first kappa shape index (κ1) is 16.9. The maximum atomic E-state index is 6.39. The zero-order valence-electron chi connectivity index (χ0n) is 13.7. The van der Waals surface area contributed by atoms with Crippen LogP contribution in [0.3, 0.4) is 0 Å². The largest absolute Gasteiger partial charge is 0.265 e. The van der Waals surface area contributed by atoms with Gasteiger partial charge in [0.05, 0.1) is 5.69 Å². The molecule has 0 fully saturated rings. The Hall–Kier alpha value is -1.44. The van der Waals surface area contributed by atoms with Crippen LogP contribution < -0.4 is 16.5 Å². The van der Waals surface area contributed by atoms with Gasteiger partial charge >= 0.3 is 0 Å². The molecule has 0 aliphatic carbocycles.